The number of pyridine rings is 1. The van der Waals surface area contributed by atoms with Crippen LogP contribution in [0.15, 0.2) is 30.5 Å². The second-order valence-electron chi connectivity index (χ2n) is 5.39. The topological polar surface area (TPSA) is 48.1 Å². The average molecular weight is 256 g/mol. The fourth-order valence-corrected chi connectivity index (χ4v) is 3.01. The molecule has 0 spiro atoms. The zero-order valence-electron chi connectivity index (χ0n) is 11.3. The second kappa shape index (κ2) is 5.17. The molecule has 3 rings (SSSR count). The van der Waals surface area contributed by atoms with Gasteiger partial charge in [0.2, 0.25) is 0 Å². The van der Waals surface area contributed by atoms with Crippen LogP contribution in [0.25, 0.3) is 10.8 Å². The highest BCUT2D eigenvalue weighted by molar-refractivity contribution is 5.86. The lowest BCUT2D eigenvalue weighted by Gasteiger charge is -2.26. The molecule has 0 aliphatic heterocycles. The summed E-state index contributed by atoms with van der Waals surface area (Å²) in [5.74, 6) is 1.44. The van der Waals surface area contributed by atoms with Crippen LogP contribution in [-0.4, -0.2) is 18.1 Å². The van der Waals surface area contributed by atoms with Crippen LogP contribution >= 0.6 is 0 Å². The molecule has 3 heteroatoms. The standard InChI is InChI=1S/C16H20N2O/c1-19-14-7-4-11-8-9-18-16(15(11)10-14)12-2-5-13(17)6-3-12/h4,7-10,12-13H,2-3,5-6,17H2,1H3. The van der Waals surface area contributed by atoms with Crippen LogP contribution < -0.4 is 10.5 Å². The maximum Gasteiger partial charge on any atom is 0.119 e. The van der Waals surface area contributed by atoms with Gasteiger partial charge < -0.3 is 10.5 Å². The molecule has 2 aromatic rings. The van der Waals surface area contributed by atoms with Crippen LogP contribution in [0, 0.1) is 0 Å². The first-order chi connectivity index (χ1) is 9.28. The first kappa shape index (κ1) is 12.4. The molecule has 1 aliphatic carbocycles. The number of fused-ring (bicyclic) bond motifs is 1. The molecule has 0 amide bonds. The van der Waals surface area contributed by atoms with E-state index in [4.69, 9.17) is 10.5 Å². The smallest absolute Gasteiger partial charge is 0.119 e. The van der Waals surface area contributed by atoms with E-state index in [1.165, 1.54) is 16.5 Å². The number of hydrogen-bond acceptors (Lipinski definition) is 3. The van der Waals surface area contributed by atoms with Gasteiger partial charge in [-0.25, -0.2) is 0 Å². The number of ether oxygens (including phenoxy) is 1. The summed E-state index contributed by atoms with van der Waals surface area (Å²) in [6.07, 6.45) is 6.41. The highest BCUT2D eigenvalue weighted by Gasteiger charge is 2.22. The number of benzene rings is 1. The predicted octanol–water partition coefficient (Wildman–Crippen LogP) is 3.23. The summed E-state index contributed by atoms with van der Waals surface area (Å²) in [5.41, 5.74) is 7.20. The molecule has 0 bridgehead atoms. The van der Waals surface area contributed by atoms with E-state index >= 15 is 0 Å². The van der Waals surface area contributed by atoms with E-state index in [9.17, 15) is 0 Å². The van der Waals surface area contributed by atoms with Crippen LogP contribution in [0.5, 0.6) is 5.75 Å². The van der Waals surface area contributed by atoms with E-state index in [-0.39, 0.29) is 0 Å². The van der Waals surface area contributed by atoms with Crippen molar-refractivity contribution in [1.82, 2.24) is 4.98 Å². The molecule has 0 radical (unpaired) electrons. The van der Waals surface area contributed by atoms with Gasteiger partial charge in [0, 0.05) is 23.5 Å². The number of rotatable bonds is 2. The van der Waals surface area contributed by atoms with E-state index in [0.29, 0.717) is 12.0 Å². The summed E-state index contributed by atoms with van der Waals surface area (Å²) in [5, 5.41) is 2.46. The molecule has 19 heavy (non-hydrogen) atoms. The Balaban J connectivity index is 2.02. The fourth-order valence-electron chi connectivity index (χ4n) is 3.01. The van der Waals surface area contributed by atoms with Crippen molar-refractivity contribution >= 4 is 10.8 Å². The zero-order valence-corrected chi connectivity index (χ0v) is 11.3. The molecule has 0 saturated heterocycles. The van der Waals surface area contributed by atoms with Crippen LogP contribution in [0.4, 0.5) is 0 Å². The summed E-state index contributed by atoms with van der Waals surface area (Å²) in [6.45, 7) is 0. The third kappa shape index (κ3) is 2.43. The van der Waals surface area contributed by atoms with Crippen molar-refractivity contribution in [1.29, 1.82) is 0 Å². The summed E-state index contributed by atoms with van der Waals surface area (Å²) >= 11 is 0. The van der Waals surface area contributed by atoms with Crippen LogP contribution in [-0.2, 0) is 0 Å². The van der Waals surface area contributed by atoms with Crippen molar-refractivity contribution in [3.05, 3.63) is 36.2 Å². The van der Waals surface area contributed by atoms with E-state index in [1.54, 1.807) is 7.11 Å². The monoisotopic (exact) mass is 256 g/mol. The van der Waals surface area contributed by atoms with Crippen LogP contribution in [0.1, 0.15) is 37.3 Å². The van der Waals surface area contributed by atoms with Gasteiger partial charge in [0.05, 0.1) is 12.8 Å². The second-order valence-corrected chi connectivity index (χ2v) is 5.39. The third-order valence-corrected chi connectivity index (χ3v) is 4.16. The molecule has 1 fully saturated rings. The number of nitrogens with zero attached hydrogens (tertiary/aromatic N) is 1. The first-order valence-corrected chi connectivity index (χ1v) is 6.96. The molecule has 1 aromatic carbocycles. The molecule has 2 N–H and O–H groups in total. The summed E-state index contributed by atoms with van der Waals surface area (Å²) in [6, 6.07) is 8.65. The van der Waals surface area contributed by atoms with Gasteiger partial charge in [0.15, 0.2) is 0 Å². The maximum atomic E-state index is 5.99. The third-order valence-electron chi connectivity index (χ3n) is 4.16. The lowest BCUT2D eigenvalue weighted by Crippen LogP contribution is -2.26. The number of aromatic nitrogens is 1. The Morgan fingerprint density at radius 1 is 1.16 bits per heavy atom. The van der Waals surface area contributed by atoms with Crippen molar-refractivity contribution in [2.75, 3.05) is 7.11 Å². The van der Waals surface area contributed by atoms with E-state index in [0.717, 1.165) is 31.4 Å². The fraction of sp³-hybridized carbons (Fsp3) is 0.438. The van der Waals surface area contributed by atoms with Gasteiger partial charge in [-0.05, 0) is 49.3 Å². The summed E-state index contributed by atoms with van der Waals surface area (Å²) in [4.78, 5) is 4.63. The lowest BCUT2D eigenvalue weighted by molar-refractivity contribution is 0.392. The summed E-state index contributed by atoms with van der Waals surface area (Å²) in [7, 11) is 1.71. The van der Waals surface area contributed by atoms with Gasteiger partial charge in [0.25, 0.3) is 0 Å². The van der Waals surface area contributed by atoms with Crippen molar-refractivity contribution in [2.45, 2.75) is 37.6 Å². The molecule has 1 aliphatic rings. The predicted molar refractivity (Wildman–Crippen MR) is 77.5 cm³/mol. The molecule has 0 atom stereocenters. The van der Waals surface area contributed by atoms with Gasteiger partial charge in [-0.2, -0.15) is 0 Å². The van der Waals surface area contributed by atoms with Gasteiger partial charge in [0.1, 0.15) is 5.75 Å². The number of methoxy groups -OCH3 is 1. The van der Waals surface area contributed by atoms with Crippen LogP contribution in [0.3, 0.4) is 0 Å². The number of nitrogens with two attached hydrogens (primary N) is 1. The Bertz CT molecular complexity index is 574. The van der Waals surface area contributed by atoms with Gasteiger partial charge >= 0.3 is 0 Å². The zero-order chi connectivity index (χ0) is 13.2. The van der Waals surface area contributed by atoms with Gasteiger partial charge in [-0.1, -0.05) is 6.07 Å². The molecule has 100 valence electrons. The lowest BCUT2D eigenvalue weighted by atomic mass is 9.83. The molecule has 0 unspecified atom stereocenters. The van der Waals surface area contributed by atoms with Crippen molar-refractivity contribution in [3.8, 4) is 5.75 Å². The Hall–Kier alpha value is -1.61. The summed E-state index contributed by atoms with van der Waals surface area (Å²) < 4.78 is 5.33. The van der Waals surface area contributed by atoms with Crippen molar-refractivity contribution in [2.24, 2.45) is 5.73 Å². The van der Waals surface area contributed by atoms with E-state index in [1.807, 2.05) is 12.3 Å². The van der Waals surface area contributed by atoms with E-state index < -0.39 is 0 Å². The maximum absolute atomic E-state index is 5.99. The first-order valence-electron chi connectivity index (χ1n) is 6.96. The minimum absolute atomic E-state index is 0.376. The van der Waals surface area contributed by atoms with Crippen molar-refractivity contribution < 1.29 is 4.74 Å². The minimum atomic E-state index is 0.376. The molecular formula is C16H20N2O. The SMILES string of the molecule is COc1ccc2ccnc(C3CCC(N)CC3)c2c1. The molecule has 3 nitrogen and oxygen atoms in total. The average Bonchev–Trinajstić information content (AvgIpc) is 2.47. The normalized spacial score (nSPS) is 23.5. The minimum Gasteiger partial charge on any atom is -0.497 e. The van der Waals surface area contributed by atoms with Gasteiger partial charge in [-0.3, -0.25) is 4.98 Å². The van der Waals surface area contributed by atoms with Crippen LogP contribution in [0.2, 0.25) is 0 Å². The number of hydrogen-bond donors (Lipinski definition) is 1. The Labute approximate surface area is 113 Å². The quantitative estimate of drug-likeness (QED) is 0.897. The molecule has 1 heterocycles. The Morgan fingerprint density at radius 2 is 1.95 bits per heavy atom. The van der Waals surface area contributed by atoms with Gasteiger partial charge in [-0.15, -0.1) is 0 Å². The molecular weight excluding hydrogens is 236 g/mol. The highest BCUT2D eigenvalue weighted by atomic mass is 16.5. The van der Waals surface area contributed by atoms with E-state index in [2.05, 4.69) is 23.2 Å². The Morgan fingerprint density at radius 3 is 2.68 bits per heavy atom. The Kier molecular flexibility index (Phi) is 3.38. The largest absolute Gasteiger partial charge is 0.497 e. The van der Waals surface area contributed by atoms with Crippen molar-refractivity contribution in [3.63, 3.8) is 0 Å². The molecule has 1 aromatic heterocycles. The molecule has 1 saturated carbocycles. The highest BCUT2D eigenvalue weighted by Crippen LogP contribution is 2.35.